The van der Waals surface area contributed by atoms with E-state index in [4.69, 9.17) is 10.5 Å². The Morgan fingerprint density at radius 3 is 2.62 bits per heavy atom. The molecule has 3 N–H and O–H groups in total. The standard InChI is InChI=1S/C14H23FN2O3S/c1-11-8-13(9-12(10-16)14(11)15)21(18,19)17-6-4-3-5-7-20-2/h8-9,17H,3-7,10,16H2,1-2H3. The van der Waals surface area contributed by atoms with E-state index < -0.39 is 15.8 Å². The van der Waals surface area contributed by atoms with Crippen molar-refractivity contribution in [3.63, 3.8) is 0 Å². The van der Waals surface area contributed by atoms with Crippen LogP contribution in [0, 0.1) is 12.7 Å². The fourth-order valence-electron chi connectivity index (χ4n) is 1.95. The number of sulfonamides is 1. The predicted octanol–water partition coefficient (Wildman–Crippen LogP) is 1.69. The van der Waals surface area contributed by atoms with Crippen molar-refractivity contribution in [3.05, 3.63) is 29.1 Å². The molecular formula is C14H23FN2O3S. The Balaban J connectivity index is 2.68. The molecular weight excluding hydrogens is 295 g/mol. The van der Waals surface area contributed by atoms with Crippen LogP contribution in [0.5, 0.6) is 0 Å². The lowest BCUT2D eigenvalue weighted by Gasteiger charge is -2.10. The summed E-state index contributed by atoms with van der Waals surface area (Å²) in [5.74, 6) is -0.448. The topological polar surface area (TPSA) is 81.4 Å². The van der Waals surface area contributed by atoms with Crippen molar-refractivity contribution in [1.29, 1.82) is 0 Å². The minimum Gasteiger partial charge on any atom is -0.385 e. The highest BCUT2D eigenvalue weighted by atomic mass is 32.2. The molecule has 0 aliphatic rings. The van der Waals surface area contributed by atoms with Gasteiger partial charge < -0.3 is 10.5 Å². The van der Waals surface area contributed by atoms with Crippen molar-refractivity contribution in [2.24, 2.45) is 5.73 Å². The molecule has 0 saturated carbocycles. The second-order valence-electron chi connectivity index (χ2n) is 4.87. The Morgan fingerprint density at radius 2 is 2.00 bits per heavy atom. The molecule has 7 heteroatoms. The van der Waals surface area contributed by atoms with E-state index in [1.807, 2.05) is 0 Å². The molecule has 1 rings (SSSR count). The van der Waals surface area contributed by atoms with E-state index in [1.54, 1.807) is 7.11 Å². The van der Waals surface area contributed by atoms with Gasteiger partial charge in [-0.15, -0.1) is 0 Å². The molecule has 0 saturated heterocycles. The summed E-state index contributed by atoms with van der Waals surface area (Å²) in [4.78, 5) is 0.0544. The molecule has 120 valence electrons. The number of hydrogen-bond donors (Lipinski definition) is 2. The lowest BCUT2D eigenvalue weighted by molar-refractivity contribution is 0.192. The number of aryl methyl sites for hydroxylation is 1. The van der Waals surface area contributed by atoms with Crippen molar-refractivity contribution >= 4 is 10.0 Å². The summed E-state index contributed by atoms with van der Waals surface area (Å²) in [5, 5.41) is 0. The van der Waals surface area contributed by atoms with Crippen LogP contribution in [-0.4, -0.2) is 28.7 Å². The van der Waals surface area contributed by atoms with Gasteiger partial charge in [0, 0.05) is 32.4 Å². The maximum absolute atomic E-state index is 13.7. The number of nitrogens with two attached hydrogens (primary N) is 1. The highest BCUT2D eigenvalue weighted by Gasteiger charge is 2.17. The molecule has 0 spiro atoms. The van der Waals surface area contributed by atoms with E-state index in [0.29, 0.717) is 13.2 Å². The molecule has 1 aromatic rings. The Kier molecular flexibility index (Phi) is 7.24. The first-order valence-corrected chi connectivity index (χ1v) is 8.38. The Morgan fingerprint density at radius 1 is 1.29 bits per heavy atom. The van der Waals surface area contributed by atoms with Crippen LogP contribution < -0.4 is 10.5 Å². The number of halogens is 1. The molecule has 1 aromatic carbocycles. The van der Waals surface area contributed by atoms with Gasteiger partial charge in [0.1, 0.15) is 5.82 Å². The van der Waals surface area contributed by atoms with Crippen molar-refractivity contribution in [2.75, 3.05) is 20.3 Å². The quantitative estimate of drug-likeness (QED) is 0.679. The molecule has 0 atom stereocenters. The number of ether oxygens (including phenoxy) is 1. The lowest BCUT2D eigenvalue weighted by Crippen LogP contribution is -2.25. The Bertz CT molecular complexity index is 562. The molecule has 0 fully saturated rings. The van der Waals surface area contributed by atoms with Gasteiger partial charge in [-0.05, 0) is 43.9 Å². The highest BCUT2D eigenvalue weighted by Crippen LogP contribution is 2.19. The number of rotatable bonds is 9. The van der Waals surface area contributed by atoms with Crippen LogP contribution in [0.1, 0.15) is 30.4 Å². The second kappa shape index (κ2) is 8.43. The third-order valence-corrected chi connectivity index (χ3v) is 4.59. The van der Waals surface area contributed by atoms with Crippen LogP contribution in [0.3, 0.4) is 0 Å². The predicted molar refractivity (Wildman–Crippen MR) is 79.9 cm³/mol. The zero-order chi connectivity index (χ0) is 15.9. The summed E-state index contributed by atoms with van der Waals surface area (Å²) >= 11 is 0. The van der Waals surface area contributed by atoms with Gasteiger partial charge in [0.25, 0.3) is 0 Å². The molecule has 0 heterocycles. The normalized spacial score (nSPS) is 11.8. The summed E-state index contributed by atoms with van der Waals surface area (Å²) in [6.45, 7) is 2.51. The van der Waals surface area contributed by atoms with Gasteiger partial charge in [-0.25, -0.2) is 17.5 Å². The van der Waals surface area contributed by atoms with E-state index in [0.717, 1.165) is 19.3 Å². The summed E-state index contributed by atoms with van der Waals surface area (Å²) < 4.78 is 45.4. The fourth-order valence-corrected chi connectivity index (χ4v) is 3.16. The van der Waals surface area contributed by atoms with Gasteiger partial charge in [-0.1, -0.05) is 0 Å². The molecule has 0 aliphatic carbocycles. The van der Waals surface area contributed by atoms with Gasteiger partial charge in [0.2, 0.25) is 10.0 Å². The van der Waals surface area contributed by atoms with E-state index >= 15 is 0 Å². The van der Waals surface area contributed by atoms with Gasteiger partial charge >= 0.3 is 0 Å². The lowest BCUT2D eigenvalue weighted by atomic mass is 10.1. The first kappa shape index (κ1) is 18.0. The van der Waals surface area contributed by atoms with E-state index in [-0.39, 0.29) is 22.6 Å². The van der Waals surface area contributed by atoms with Gasteiger partial charge in [0.05, 0.1) is 4.90 Å². The number of nitrogens with one attached hydrogen (secondary N) is 1. The van der Waals surface area contributed by atoms with Gasteiger partial charge in [0.15, 0.2) is 0 Å². The first-order chi connectivity index (χ1) is 9.92. The average molecular weight is 318 g/mol. The van der Waals surface area contributed by atoms with Crippen molar-refractivity contribution in [1.82, 2.24) is 4.72 Å². The number of hydrogen-bond acceptors (Lipinski definition) is 4. The minimum atomic E-state index is -3.63. The minimum absolute atomic E-state index is 0.0347. The molecule has 0 radical (unpaired) electrons. The van der Waals surface area contributed by atoms with Crippen molar-refractivity contribution in [3.8, 4) is 0 Å². The fraction of sp³-hybridized carbons (Fsp3) is 0.571. The molecule has 0 unspecified atom stereocenters. The third kappa shape index (κ3) is 5.35. The van der Waals surface area contributed by atoms with Crippen molar-refractivity contribution in [2.45, 2.75) is 37.6 Å². The molecule has 0 amide bonds. The Labute approximate surface area is 125 Å². The maximum atomic E-state index is 13.7. The molecule has 5 nitrogen and oxygen atoms in total. The van der Waals surface area contributed by atoms with E-state index in [1.165, 1.54) is 19.1 Å². The average Bonchev–Trinajstić information content (AvgIpc) is 2.45. The van der Waals surface area contributed by atoms with Gasteiger partial charge in [-0.3, -0.25) is 0 Å². The molecule has 0 aliphatic heterocycles. The number of benzene rings is 1. The second-order valence-corrected chi connectivity index (χ2v) is 6.64. The smallest absolute Gasteiger partial charge is 0.240 e. The largest absolute Gasteiger partial charge is 0.385 e. The Hall–Kier alpha value is -1.02. The maximum Gasteiger partial charge on any atom is 0.240 e. The highest BCUT2D eigenvalue weighted by molar-refractivity contribution is 7.89. The van der Waals surface area contributed by atoms with Crippen LogP contribution >= 0.6 is 0 Å². The van der Waals surface area contributed by atoms with E-state index in [2.05, 4.69) is 4.72 Å². The first-order valence-electron chi connectivity index (χ1n) is 6.90. The summed E-state index contributed by atoms with van der Waals surface area (Å²) in [5.41, 5.74) is 5.91. The van der Waals surface area contributed by atoms with Gasteiger partial charge in [-0.2, -0.15) is 0 Å². The monoisotopic (exact) mass is 318 g/mol. The molecule has 21 heavy (non-hydrogen) atoms. The molecule has 0 aromatic heterocycles. The summed E-state index contributed by atoms with van der Waals surface area (Å²) in [6.07, 6.45) is 2.50. The summed E-state index contributed by atoms with van der Waals surface area (Å²) in [7, 11) is -1.99. The van der Waals surface area contributed by atoms with Crippen LogP contribution in [0.15, 0.2) is 17.0 Å². The van der Waals surface area contributed by atoms with Crippen LogP contribution in [0.25, 0.3) is 0 Å². The third-order valence-electron chi connectivity index (χ3n) is 3.15. The van der Waals surface area contributed by atoms with E-state index in [9.17, 15) is 12.8 Å². The van der Waals surface area contributed by atoms with Crippen LogP contribution in [0.4, 0.5) is 4.39 Å². The zero-order valence-corrected chi connectivity index (χ0v) is 13.3. The number of methoxy groups -OCH3 is 1. The SMILES string of the molecule is COCCCCCNS(=O)(=O)c1cc(C)c(F)c(CN)c1. The summed E-state index contributed by atoms with van der Waals surface area (Å²) in [6, 6.07) is 2.61. The van der Waals surface area contributed by atoms with Crippen LogP contribution in [0.2, 0.25) is 0 Å². The van der Waals surface area contributed by atoms with Crippen LogP contribution in [-0.2, 0) is 21.3 Å². The zero-order valence-electron chi connectivity index (χ0n) is 12.5. The number of unbranched alkanes of at least 4 members (excludes halogenated alkanes) is 2. The molecule has 0 bridgehead atoms. The van der Waals surface area contributed by atoms with Crippen molar-refractivity contribution < 1.29 is 17.5 Å².